The Morgan fingerprint density at radius 1 is 1.19 bits per heavy atom. The number of ether oxygens (including phenoxy) is 1. The summed E-state index contributed by atoms with van der Waals surface area (Å²) in [5.41, 5.74) is 1.28. The molecule has 0 fully saturated rings. The molecule has 0 saturated carbocycles. The van der Waals surface area contributed by atoms with Gasteiger partial charge in [-0.25, -0.2) is 0 Å². The molecule has 1 aromatic rings. The molecule has 1 aromatic carbocycles. The van der Waals surface area contributed by atoms with Crippen molar-refractivity contribution in [1.82, 2.24) is 4.90 Å². The van der Waals surface area contributed by atoms with Gasteiger partial charge >= 0.3 is 0 Å². The van der Waals surface area contributed by atoms with Gasteiger partial charge in [0.1, 0.15) is 0 Å². The van der Waals surface area contributed by atoms with Crippen LogP contribution in [-0.4, -0.2) is 29.8 Å². The van der Waals surface area contributed by atoms with E-state index in [2.05, 4.69) is 26.0 Å². The molecule has 0 aliphatic carbocycles. The highest BCUT2D eigenvalue weighted by Gasteiger charge is 2.05. The third-order valence-corrected chi connectivity index (χ3v) is 2.86. The first kappa shape index (κ1) is 13.0. The average molecular weight is 237 g/mol. The predicted molar refractivity (Wildman–Crippen MR) is 71.6 cm³/mol. The molecule has 0 N–H and O–H groups in total. The fourth-order valence-corrected chi connectivity index (χ4v) is 1.82. The van der Waals surface area contributed by atoms with E-state index in [1.54, 1.807) is 0 Å². The van der Waals surface area contributed by atoms with Gasteiger partial charge in [0.25, 0.3) is 5.17 Å². The van der Waals surface area contributed by atoms with Crippen LogP contribution in [0.5, 0.6) is 0 Å². The van der Waals surface area contributed by atoms with Crippen molar-refractivity contribution < 1.29 is 4.74 Å². The molecule has 0 spiro atoms. The van der Waals surface area contributed by atoms with Crippen LogP contribution < -0.4 is 0 Å². The van der Waals surface area contributed by atoms with Crippen molar-refractivity contribution in [3.05, 3.63) is 35.9 Å². The zero-order valence-electron chi connectivity index (χ0n) is 9.98. The molecule has 0 aliphatic heterocycles. The van der Waals surface area contributed by atoms with Crippen molar-refractivity contribution in [3.8, 4) is 0 Å². The minimum atomic E-state index is 0.612. The van der Waals surface area contributed by atoms with Crippen molar-refractivity contribution in [1.29, 1.82) is 0 Å². The number of rotatable bonds is 5. The van der Waals surface area contributed by atoms with Gasteiger partial charge in [-0.05, 0) is 31.6 Å². The molecule has 2 nitrogen and oxygen atoms in total. The van der Waals surface area contributed by atoms with Gasteiger partial charge in [0.2, 0.25) is 0 Å². The van der Waals surface area contributed by atoms with Gasteiger partial charge in [0.05, 0.1) is 6.61 Å². The lowest BCUT2D eigenvalue weighted by molar-refractivity contribution is 0.252. The van der Waals surface area contributed by atoms with Crippen LogP contribution >= 0.6 is 12.2 Å². The van der Waals surface area contributed by atoms with Crippen molar-refractivity contribution >= 4 is 17.4 Å². The largest absolute Gasteiger partial charge is 0.471 e. The van der Waals surface area contributed by atoms with Crippen LogP contribution in [-0.2, 0) is 11.2 Å². The summed E-state index contributed by atoms with van der Waals surface area (Å²) in [5.74, 6) is 0. The molecule has 0 bridgehead atoms. The summed E-state index contributed by atoms with van der Waals surface area (Å²) in [4.78, 5) is 2.04. The van der Waals surface area contributed by atoms with Gasteiger partial charge in [0.15, 0.2) is 0 Å². The van der Waals surface area contributed by atoms with Crippen LogP contribution in [0.4, 0.5) is 0 Å². The third-order valence-electron chi connectivity index (χ3n) is 2.48. The molecule has 0 radical (unpaired) electrons. The van der Waals surface area contributed by atoms with E-state index in [1.165, 1.54) is 5.56 Å². The highest BCUT2D eigenvalue weighted by Crippen LogP contribution is 2.01. The van der Waals surface area contributed by atoms with Crippen LogP contribution in [0.15, 0.2) is 30.3 Å². The summed E-state index contributed by atoms with van der Waals surface area (Å²) < 4.78 is 5.55. The Labute approximate surface area is 103 Å². The first-order valence-corrected chi connectivity index (χ1v) is 6.14. The summed E-state index contributed by atoms with van der Waals surface area (Å²) in [6, 6.07) is 10.3. The van der Waals surface area contributed by atoms with E-state index < -0.39 is 0 Å². The molecule has 0 heterocycles. The smallest absolute Gasteiger partial charge is 0.259 e. The molecule has 0 saturated heterocycles. The standard InChI is InChI=1S/C13H19NOS/c1-3-14(4-2)13(16)15-11-10-12-8-6-5-7-9-12/h5-9H,3-4,10-11H2,1-2H3. The van der Waals surface area contributed by atoms with E-state index in [0.29, 0.717) is 11.8 Å². The van der Waals surface area contributed by atoms with Crippen molar-refractivity contribution in [2.45, 2.75) is 20.3 Å². The van der Waals surface area contributed by atoms with Crippen LogP contribution in [0.25, 0.3) is 0 Å². The molecular weight excluding hydrogens is 218 g/mol. The highest BCUT2D eigenvalue weighted by atomic mass is 32.1. The van der Waals surface area contributed by atoms with Gasteiger partial charge in [0, 0.05) is 19.5 Å². The second-order valence-corrected chi connectivity index (χ2v) is 3.87. The van der Waals surface area contributed by atoms with Crippen LogP contribution in [0.1, 0.15) is 19.4 Å². The van der Waals surface area contributed by atoms with E-state index >= 15 is 0 Å². The summed E-state index contributed by atoms with van der Waals surface area (Å²) in [6.45, 7) is 6.62. The lowest BCUT2D eigenvalue weighted by Crippen LogP contribution is -2.31. The van der Waals surface area contributed by atoms with Crippen molar-refractivity contribution in [2.75, 3.05) is 19.7 Å². The van der Waals surface area contributed by atoms with E-state index in [1.807, 2.05) is 23.1 Å². The number of benzene rings is 1. The van der Waals surface area contributed by atoms with Crippen LogP contribution in [0.3, 0.4) is 0 Å². The Balaban J connectivity index is 2.28. The number of nitrogens with zero attached hydrogens (tertiary/aromatic N) is 1. The predicted octanol–water partition coefficient (Wildman–Crippen LogP) is 2.87. The molecule has 0 aliphatic rings. The summed E-state index contributed by atoms with van der Waals surface area (Å²) in [5, 5.41) is 0.612. The van der Waals surface area contributed by atoms with E-state index in [-0.39, 0.29) is 0 Å². The zero-order valence-corrected chi connectivity index (χ0v) is 10.8. The minimum Gasteiger partial charge on any atom is -0.471 e. The lowest BCUT2D eigenvalue weighted by atomic mass is 10.2. The third kappa shape index (κ3) is 4.19. The Morgan fingerprint density at radius 2 is 1.81 bits per heavy atom. The van der Waals surface area contributed by atoms with Crippen LogP contribution in [0.2, 0.25) is 0 Å². The van der Waals surface area contributed by atoms with E-state index in [4.69, 9.17) is 17.0 Å². The monoisotopic (exact) mass is 237 g/mol. The molecule has 16 heavy (non-hydrogen) atoms. The minimum absolute atomic E-state index is 0.612. The van der Waals surface area contributed by atoms with Gasteiger partial charge in [-0.2, -0.15) is 0 Å². The second-order valence-electron chi connectivity index (χ2n) is 3.52. The van der Waals surface area contributed by atoms with Gasteiger partial charge in [-0.15, -0.1) is 0 Å². The molecule has 0 aromatic heterocycles. The molecule has 0 unspecified atom stereocenters. The topological polar surface area (TPSA) is 12.5 Å². The molecule has 1 rings (SSSR count). The maximum atomic E-state index is 5.55. The summed E-state index contributed by atoms with van der Waals surface area (Å²) in [7, 11) is 0. The second kappa shape index (κ2) is 7.23. The van der Waals surface area contributed by atoms with Crippen LogP contribution in [0, 0.1) is 0 Å². The molecular formula is C13H19NOS. The quantitative estimate of drug-likeness (QED) is 0.731. The van der Waals surface area contributed by atoms with Gasteiger partial charge in [-0.1, -0.05) is 30.3 Å². The summed E-state index contributed by atoms with van der Waals surface area (Å²) in [6.07, 6.45) is 0.905. The molecule has 88 valence electrons. The number of hydrogen-bond donors (Lipinski definition) is 0. The van der Waals surface area contributed by atoms with Gasteiger partial charge < -0.3 is 9.64 Å². The van der Waals surface area contributed by atoms with E-state index in [9.17, 15) is 0 Å². The average Bonchev–Trinajstić information content (AvgIpc) is 2.32. The number of thiocarbonyl (C=S) groups is 1. The normalized spacial score (nSPS) is 9.88. The molecule has 0 amide bonds. The number of hydrogen-bond acceptors (Lipinski definition) is 2. The fourth-order valence-electron chi connectivity index (χ4n) is 1.47. The Kier molecular flexibility index (Phi) is 5.86. The Morgan fingerprint density at radius 3 is 2.38 bits per heavy atom. The Bertz CT molecular complexity index is 309. The SMILES string of the molecule is CCN(CC)C(=S)OCCc1ccccc1. The fraction of sp³-hybridized carbons (Fsp3) is 0.462. The highest BCUT2D eigenvalue weighted by molar-refractivity contribution is 7.80. The Hall–Kier alpha value is -1.09. The summed E-state index contributed by atoms with van der Waals surface area (Å²) >= 11 is 5.19. The zero-order chi connectivity index (χ0) is 11.8. The maximum absolute atomic E-state index is 5.55. The van der Waals surface area contributed by atoms with E-state index in [0.717, 1.165) is 19.5 Å². The first-order valence-electron chi connectivity index (χ1n) is 5.73. The first-order chi connectivity index (χ1) is 7.77. The van der Waals surface area contributed by atoms with Gasteiger partial charge in [-0.3, -0.25) is 0 Å². The van der Waals surface area contributed by atoms with Crippen molar-refractivity contribution in [2.24, 2.45) is 0 Å². The molecule has 3 heteroatoms. The lowest BCUT2D eigenvalue weighted by Gasteiger charge is -2.21. The van der Waals surface area contributed by atoms with Crippen molar-refractivity contribution in [3.63, 3.8) is 0 Å². The molecule has 0 atom stereocenters. The maximum Gasteiger partial charge on any atom is 0.259 e.